The molecule has 0 spiro atoms. The molecule has 28 heavy (non-hydrogen) atoms. The van der Waals surface area contributed by atoms with Crippen LogP contribution in [-0.2, 0) is 31.2 Å². The summed E-state index contributed by atoms with van der Waals surface area (Å²) in [7, 11) is 1.98. The summed E-state index contributed by atoms with van der Waals surface area (Å²) in [6, 6.07) is 8.52. The molecule has 1 amide bonds. The molecule has 148 valence electrons. The number of carbonyl (C=O) groups is 1. The molecule has 4 rings (SSSR count). The summed E-state index contributed by atoms with van der Waals surface area (Å²) < 4.78 is 1.93. The Hall–Kier alpha value is -2.36. The molecular formula is C24H31N3O. The van der Waals surface area contributed by atoms with Crippen molar-refractivity contribution in [3.63, 3.8) is 0 Å². The summed E-state index contributed by atoms with van der Waals surface area (Å²) in [5.41, 5.74) is 6.09. The van der Waals surface area contributed by atoms with Crippen molar-refractivity contribution in [2.75, 3.05) is 6.54 Å². The lowest BCUT2D eigenvalue weighted by Gasteiger charge is -2.30. The van der Waals surface area contributed by atoms with E-state index in [9.17, 15) is 4.79 Å². The van der Waals surface area contributed by atoms with Crippen molar-refractivity contribution in [3.8, 4) is 0 Å². The third kappa shape index (κ3) is 3.78. The van der Waals surface area contributed by atoms with Gasteiger partial charge in [0.25, 0.3) is 0 Å². The number of hydrogen-bond donors (Lipinski definition) is 0. The number of carbonyl (C=O) groups excluding carboxylic acids is 1. The van der Waals surface area contributed by atoms with E-state index in [-0.39, 0.29) is 5.92 Å². The van der Waals surface area contributed by atoms with E-state index in [0.717, 1.165) is 43.6 Å². The highest BCUT2D eigenvalue weighted by atomic mass is 16.2. The van der Waals surface area contributed by atoms with E-state index in [1.165, 1.54) is 23.1 Å². The van der Waals surface area contributed by atoms with E-state index in [0.29, 0.717) is 18.4 Å². The molecule has 1 aromatic carbocycles. The highest BCUT2D eigenvalue weighted by Crippen LogP contribution is 2.30. The fourth-order valence-electron chi connectivity index (χ4n) is 4.80. The summed E-state index contributed by atoms with van der Waals surface area (Å²) in [4.78, 5) is 15.7. The average molecular weight is 378 g/mol. The molecule has 2 aliphatic carbocycles. The molecule has 0 radical (unpaired) electrons. The number of aryl methyl sites for hydroxylation is 2. The highest BCUT2D eigenvalue weighted by Gasteiger charge is 2.32. The summed E-state index contributed by atoms with van der Waals surface area (Å²) >= 11 is 0. The Morgan fingerprint density at radius 2 is 1.89 bits per heavy atom. The van der Waals surface area contributed by atoms with Gasteiger partial charge in [-0.3, -0.25) is 9.48 Å². The third-order valence-electron chi connectivity index (χ3n) is 6.58. The van der Waals surface area contributed by atoms with Crippen molar-refractivity contribution >= 4 is 5.91 Å². The zero-order chi connectivity index (χ0) is 19.7. The van der Waals surface area contributed by atoms with E-state index in [1.807, 2.05) is 11.7 Å². The van der Waals surface area contributed by atoms with Crippen molar-refractivity contribution in [3.05, 3.63) is 64.5 Å². The number of hydrogen-bond acceptors (Lipinski definition) is 2. The molecule has 1 heterocycles. The lowest BCUT2D eigenvalue weighted by Crippen LogP contribution is -2.39. The minimum Gasteiger partial charge on any atom is -0.338 e. The Bertz CT molecular complexity index is 870. The van der Waals surface area contributed by atoms with Gasteiger partial charge in [-0.2, -0.15) is 5.10 Å². The maximum Gasteiger partial charge on any atom is 0.226 e. The summed E-state index contributed by atoms with van der Waals surface area (Å²) in [5.74, 6) is 0.956. The van der Waals surface area contributed by atoms with Crippen LogP contribution < -0.4 is 0 Å². The first-order valence-electron chi connectivity index (χ1n) is 10.5. The minimum absolute atomic E-state index is 0.0776. The molecule has 1 aromatic heterocycles. The zero-order valence-electron chi connectivity index (χ0n) is 17.3. The van der Waals surface area contributed by atoms with Crippen LogP contribution in [0.25, 0.3) is 0 Å². The topological polar surface area (TPSA) is 38.1 Å². The van der Waals surface area contributed by atoms with Crippen LogP contribution in [0, 0.1) is 25.7 Å². The molecular weight excluding hydrogens is 346 g/mol. The maximum atomic E-state index is 13.6. The summed E-state index contributed by atoms with van der Waals surface area (Å²) in [5, 5.41) is 4.57. The van der Waals surface area contributed by atoms with E-state index in [4.69, 9.17) is 0 Å². The molecule has 0 fully saturated rings. The van der Waals surface area contributed by atoms with Crippen LogP contribution >= 0.6 is 0 Å². The van der Waals surface area contributed by atoms with Gasteiger partial charge in [0.05, 0.1) is 5.69 Å². The number of fused-ring (bicyclic) bond motifs is 1. The molecule has 0 aliphatic heterocycles. The lowest BCUT2D eigenvalue weighted by atomic mass is 9.93. The van der Waals surface area contributed by atoms with Gasteiger partial charge in [-0.1, -0.05) is 36.4 Å². The molecule has 0 N–H and O–H groups in total. The fourth-order valence-corrected chi connectivity index (χ4v) is 4.80. The van der Waals surface area contributed by atoms with Crippen molar-refractivity contribution in [1.29, 1.82) is 0 Å². The molecule has 4 nitrogen and oxygen atoms in total. The van der Waals surface area contributed by atoms with Gasteiger partial charge in [0.1, 0.15) is 0 Å². The first kappa shape index (κ1) is 19.0. The Morgan fingerprint density at radius 1 is 1.18 bits per heavy atom. The van der Waals surface area contributed by atoms with Gasteiger partial charge in [-0.05, 0) is 63.0 Å². The Morgan fingerprint density at radius 3 is 2.46 bits per heavy atom. The van der Waals surface area contributed by atoms with Crippen LogP contribution in [0.1, 0.15) is 47.3 Å². The largest absolute Gasteiger partial charge is 0.338 e. The van der Waals surface area contributed by atoms with Crippen LogP contribution in [0.3, 0.4) is 0 Å². The van der Waals surface area contributed by atoms with Crippen LogP contribution in [0.15, 0.2) is 36.4 Å². The van der Waals surface area contributed by atoms with Crippen molar-refractivity contribution in [2.45, 2.75) is 52.5 Å². The quantitative estimate of drug-likeness (QED) is 0.735. The predicted octanol–water partition coefficient (Wildman–Crippen LogP) is 4.14. The SMILES string of the molecule is Cc1nn(C)c(C)c1CN(CC1CC=CCC1)C(=O)C1Cc2ccccc2C1. The number of benzene rings is 1. The van der Waals surface area contributed by atoms with Crippen molar-refractivity contribution in [1.82, 2.24) is 14.7 Å². The van der Waals surface area contributed by atoms with Crippen LogP contribution in [-0.4, -0.2) is 27.1 Å². The van der Waals surface area contributed by atoms with Gasteiger partial charge in [0.15, 0.2) is 0 Å². The van der Waals surface area contributed by atoms with Gasteiger partial charge in [-0.15, -0.1) is 0 Å². The molecule has 2 aliphatic rings. The molecule has 1 unspecified atom stereocenters. The van der Waals surface area contributed by atoms with Gasteiger partial charge in [-0.25, -0.2) is 0 Å². The fraction of sp³-hybridized carbons (Fsp3) is 0.500. The molecule has 4 heteroatoms. The van der Waals surface area contributed by atoms with Gasteiger partial charge in [0.2, 0.25) is 5.91 Å². The summed E-state index contributed by atoms with van der Waals surface area (Å²) in [6.45, 7) is 5.69. The smallest absolute Gasteiger partial charge is 0.226 e. The number of rotatable bonds is 5. The number of aromatic nitrogens is 2. The van der Waals surface area contributed by atoms with E-state index in [2.05, 4.69) is 60.3 Å². The first-order chi connectivity index (χ1) is 13.5. The third-order valence-corrected chi connectivity index (χ3v) is 6.58. The second-order valence-electron chi connectivity index (χ2n) is 8.52. The highest BCUT2D eigenvalue weighted by molar-refractivity contribution is 5.80. The number of nitrogens with zero attached hydrogens (tertiary/aromatic N) is 3. The van der Waals surface area contributed by atoms with E-state index in [1.54, 1.807) is 0 Å². The standard InChI is InChI=1S/C24H31N3O/c1-17-23(18(2)26(3)25-17)16-27(15-19-9-5-4-6-10-19)24(28)22-13-20-11-7-8-12-21(20)14-22/h4-5,7-8,11-12,19,22H,6,9-10,13-16H2,1-3H3. The number of allylic oxidation sites excluding steroid dienone is 2. The van der Waals surface area contributed by atoms with Crippen LogP contribution in [0.4, 0.5) is 0 Å². The molecule has 0 saturated heterocycles. The van der Waals surface area contributed by atoms with Gasteiger partial charge in [0, 0.05) is 37.3 Å². The first-order valence-corrected chi connectivity index (χ1v) is 10.5. The van der Waals surface area contributed by atoms with E-state index >= 15 is 0 Å². The average Bonchev–Trinajstić information content (AvgIpc) is 3.24. The van der Waals surface area contributed by atoms with Crippen LogP contribution in [0.5, 0.6) is 0 Å². The molecule has 1 atom stereocenters. The molecule has 2 aromatic rings. The second-order valence-corrected chi connectivity index (χ2v) is 8.52. The second kappa shape index (κ2) is 7.94. The van der Waals surface area contributed by atoms with Gasteiger partial charge < -0.3 is 4.90 Å². The monoisotopic (exact) mass is 377 g/mol. The number of amides is 1. The summed E-state index contributed by atoms with van der Waals surface area (Å²) in [6.07, 6.45) is 9.69. The van der Waals surface area contributed by atoms with Gasteiger partial charge >= 0.3 is 0 Å². The predicted molar refractivity (Wildman–Crippen MR) is 112 cm³/mol. The molecule has 0 saturated carbocycles. The Labute approximate surface area is 168 Å². The van der Waals surface area contributed by atoms with E-state index < -0.39 is 0 Å². The molecule has 0 bridgehead atoms. The van der Waals surface area contributed by atoms with Crippen molar-refractivity contribution < 1.29 is 4.79 Å². The maximum absolute atomic E-state index is 13.6. The van der Waals surface area contributed by atoms with Crippen molar-refractivity contribution in [2.24, 2.45) is 18.9 Å². The Balaban J connectivity index is 1.55. The minimum atomic E-state index is 0.0776. The Kier molecular flexibility index (Phi) is 5.38. The van der Waals surface area contributed by atoms with Crippen LogP contribution in [0.2, 0.25) is 0 Å². The zero-order valence-corrected chi connectivity index (χ0v) is 17.3. The normalized spacial score (nSPS) is 19.0. The lowest BCUT2D eigenvalue weighted by molar-refractivity contribution is -0.136.